The Labute approximate surface area is 69.9 Å². The molecule has 0 aliphatic rings. The van der Waals surface area contributed by atoms with Crippen LogP contribution in [0.5, 0.6) is 0 Å². The summed E-state index contributed by atoms with van der Waals surface area (Å²) in [4.78, 5) is 13.0. The molecule has 1 aromatic rings. The first-order chi connectivity index (χ1) is 5.41. The predicted molar refractivity (Wildman–Crippen MR) is 43.5 cm³/mol. The average molecular weight is 171 g/mol. The van der Waals surface area contributed by atoms with Crippen molar-refractivity contribution in [3.8, 4) is 0 Å². The Balaban J connectivity index is 2.92. The van der Waals surface area contributed by atoms with Crippen LogP contribution in [-0.2, 0) is 0 Å². The molecule has 1 atom stereocenters. The van der Waals surface area contributed by atoms with Gasteiger partial charge in [-0.3, -0.25) is 9.51 Å². The van der Waals surface area contributed by atoms with Gasteiger partial charge in [0.1, 0.15) is 0 Å². The molecule has 0 aliphatic carbocycles. The fourth-order valence-electron chi connectivity index (χ4n) is 0.786. The van der Waals surface area contributed by atoms with E-state index in [2.05, 4.69) is 14.7 Å². The zero-order valence-electron chi connectivity index (χ0n) is 7.42. The van der Waals surface area contributed by atoms with Crippen molar-refractivity contribution in [3.05, 3.63) is 16.4 Å². The van der Waals surface area contributed by atoms with Crippen LogP contribution in [0.4, 0.5) is 0 Å². The highest BCUT2D eigenvalue weighted by Crippen LogP contribution is 2.27. The Morgan fingerprint density at radius 1 is 1.58 bits per heavy atom. The number of hydrogen-bond acceptors (Lipinski definition) is 4. The number of nitrogens with zero attached hydrogens (tertiary/aromatic N) is 1. The van der Waals surface area contributed by atoms with E-state index in [-0.39, 0.29) is 11.5 Å². The van der Waals surface area contributed by atoms with E-state index in [0.717, 1.165) is 0 Å². The molecule has 0 unspecified atom stereocenters. The van der Waals surface area contributed by atoms with Gasteiger partial charge in [-0.2, -0.15) is 0 Å². The summed E-state index contributed by atoms with van der Waals surface area (Å²) in [5, 5.41) is 3.51. The van der Waals surface area contributed by atoms with Gasteiger partial charge in [-0.1, -0.05) is 25.9 Å². The summed E-state index contributed by atoms with van der Waals surface area (Å²) in [6.07, 6.45) is 0. The lowest BCUT2D eigenvalue weighted by molar-refractivity contribution is 0.301. The van der Waals surface area contributed by atoms with Gasteiger partial charge in [0.05, 0.1) is 6.04 Å². The van der Waals surface area contributed by atoms with Crippen LogP contribution in [0.3, 0.4) is 0 Å². The molecule has 5 heteroatoms. The van der Waals surface area contributed by atoms with Gasteiger partial charge in [-0.25, -0.2) is 4.79 Å². The topological polar surface area (TPSA) is 84.9 Å². The van der Waals surface area contributed by atoms with Crippen molar-refractivity contribution in [3.63, 3.8) is 0 Å². The second-order valence-electron chi connectivity index (χ2n) is 3.82. The van der Waals surface area contributed by atoms with Crippen molar-refractivity contribution in [1.82, 2.24) is 10.1 Å². The lowest BCUT2D eigenvalue weighted by Gasteiger charge is -2.23. The molecule has 0 bridgehead atoms. The maximum absolute atomic E-state index is 10.6. The second-order valence-corrected chi connectivity index (χ2v) is 3.82. The maximum Gasteiger partial charge on any atom is 0.438 e. The van der Waals surface area contributed by atoms with Crippen LogP contribution in [-0.4, -0.2) is 10.1 Å². The number of aromatic amines is 1. The minimum Gasteiger partial charge on any atom is -0.321 e. The third kappa shape index (κ3) is 1.73. The van der Waals surface area contributed by atoms with Crippen LogP contribution in [0, 0.1) is 5.41 Å². The number of aromatic nitrogens is 2. The molecule has 5 nitrogen and oxygen atoms in total. The molecule has 1 heterocycles. The second kappa shape index (κ2) is 2.75. The first-order valence-electron chi connectivity index (χ1n) is 3.73. The number of H-pyrrole nitrogens is 1. The molecule has 0 amide bonds. The summed E-state index contributed by atoms with van der Waals surface area (Å²) >= 11 is 0. The summed E-state index contributed by atoms with van der Waals surface area (Å²) in [5.74, 6) is -0.169. The van der Waals surface area contributed by atoms with Gasteiger partial charge in [0.15, 0.2) is 5.82 Å². The molecule has 0 radical (unpaired) electrons. The number of nitrogens with two attached hydrogens (primary N) is 1. The first kappa shape index (κ1) is 8.99. The van der Waals surface area contributed by atoms with E-state index in [0.29, 0.717) is 5.82 Å². The van der Waals surface area contributed by atoms with Crippen molar-refractivity contribution in [2.45, 2.75) is 26.8 Å². The molecule has 0 saturated carbocycles. The summed E-state index contributed by atoms with van der Waals surface area (Å²) < 4.78 is 4.34. The van der Waals surface area contributed by atoms with Gasteiger partial charge in [-0.15, -0.1) is 0 Å². The van der Waals surface area contributed by atoms with E-state index in [1.807, 2.05) is 20.8 Å². The summed E-state index contributed by atoms with van der Waals surface area (Å²) in [6.45, 7) is 5.89. The van der Waals surface area contributed by atoms with Gasteiger partial charge in [0.25, 0.3) is 0 Å². The molecule has 1 rings (SSSR count). The molecule has 0 spiro atoms. The Kier molecular flexibility index (Phi) is 2.06. The van der Waals surface area contributed by atoms with E-state index in [1.165, 1.54) is 0 Å². The summed E-state index contributed by atoms with van der Waals surface area (Å²) in [6, 6.07) is -0.316. The monoisotopic (exact) mass is 171 g/mol. The van der Waals surface area contributed by atoms with Gasteiger partial charge < -0.3 is 5.73 Å². The van der Waals surface area contributed by atoms with E-state index in [1.54, 1.807) is 0 Å². The summed E-state index contributed by atoms with van der Waals surface area (Å²) in [7, 11) is 0. The smallest absolute Gasteiger partial charge is 0.321 e. The van der Waals surface area contributed by atoms with Crippen molar-refractivity contribution in [1.29, 1.82) is 0 Å². The first-order valence-corrected chi connectivity index (χ1v) is 3.73. The van der Waals surface area contributed by atoms with Crippen LogP contribution >= 0.6 is 0 Å². The molecule has 0 aromatic carbocycles. The Hall–Kier alpha value is -1.10. The molecule has 3 N–H and O–H groups in total. The third-order valence-electron chi connectivity index (χ3n) is 1.68. The minimum absolute atomic E-state index is 0.139. The molecule has 1 aromatic heterocycles. The standard InChI is InChI=1S/C7H13N3O2/c1-7(2,3)4(8)5-9-6(11)12-10-5/h4H,8H2,1-3H3,(H,9,10,11)/t4-/m0/s1. The maximum atomic E-state index is 10.6. The zero-order valence-corrected chi connectivity index (χ0v) is 7.42. The van der Waals surface area contributed by atoms with E-state index in [9.17, 15) is 4.79 Å². The van der Waals surface area contributed by atoms with Crippen LogP contribution in [0.2, 0.25) is 0 Å². The molecule has 0 saturated heterocycles. The van der Waals surface area contributed by atoms with E-state index >= 15 is 0 Å². The highest BCUT2D eigenvalue weighted by Gasteiger charge is 2.25. The Bertz CT molecular complexity index is 307. The highest BCUT2D eigenvalue weighted by molar-refractivity contribution is 4.94. The predicted octanol–water partition coefficient (Wildman–Crippen LogP) is 0.409. The van der Waals surface area contributed by atoms with Gasteiger partial charge in [-0.05, 0) is 5.41 Å². The fraction of sp³-hybridized carbons (Fsp3) is 0.714. The number of nitrogens with one attached hydrogen (secondary N) is 1. The average Bonchev–Trinajstić information content (AvgIpc) is 2.32. The zero-order chi connectivity index (χ0) is 9.35. The van der Waals surface area contributed by atoms with E-state index in [4.69, 9.17) is 5.73 Å². The SMILES string of the molecule is CC(C)(C)[C@@H](N)c1noc(=O)[nH]1. The van der Waals surface area contributed by atoms with Gasteiger partial charge in [0.2, 0.25) is 0 Å². The quantitative estimate of drug-likeness (QED) is 0.640. The fourth-order valence-corrected chi connectivity index (χ4v) is 0.786. The molecule has 0 fully saturated rings. The van der Waals surface area contributed by atoms with Crippen LogP contribution in [0.25, 0.3) is 0 Å². The Morgan fingerprint density at radius 3 is 2.50 bits per heavy atom. The van der Waals surface area contributed by atoms with Crippen molar-refractivity contribution in [2.75, 3.05) is 0 Å². The molecule has 0 aliphatic heterocycles. The molecule has 68 valence electrons. The lowest BCUT2D eigenvalue weighted by atomic mass is 9.87. The normalized spacial score (nSPS) is 14.7. The van der Waals surface area contributed by atoms with Gasteiger partial charge in [0, 0.05) is 0 Å². The summed E-state index contributed by atoms with van der Waals surface area (Å²) in [5.41, 5.74) is 5.65. The molecular weight excluding hydrogens is 158 g/mol. The Morgan fingerprint density at radius 2 is 2.17 bits per heavy atom. The van der Waals surface area contributed by atoms with Crippen molar-refractivity contribution in [2.24, 2.45) is 11.1 Å². The van der Waals surface area contributed by atoms with E-state index < -0.39 is 5.76 Å². The van der Waals surface area contributed by atoms with Crippen LogP contribution in [0.1, 0.15) is 32.6 Å². The van der Waals surface area contributed by atoms with Crippen LogP contribution in [0.15, 0.2) is 9.32 Å². The highest BCUT2D eigenvalue weighted by atomic mass is 16.5. The number of rotatable bonds is 1. The van der Waals surface area contributed by atoms with Gasteiger partial charge >= 0.3 is 5.76 Å². The van der Waals surface area contributed by atoms with Crippen molar-refractivity contribution >= 4 is 0 Å². The lowest BCUT2D eigenvalue weighted by Crippen LogP contribution is -2.27. The van der Waals surface area contributed by atoms with Crippen LogP contribution < -0.4 is 11.5 Å². The minimum atomic E-state index is -0.565. The van der Waals surface area contributed by atoms with Crippen molar-refractivity contribution < 1.29 is 4.52 Å². The molecular formula is C7H13N3O2. The molecule has 12 heavy (non-hydrogen) atoms. The number of hydrogen-bond donors (Lipinski definition) is 2. The third-order valence-corrected chi connectivity index (χ3v) is 1.68. The largest absolute Gasteiger partial charge is 0.438 e.